The lowest BCUT2D eigenvalue weighted by atomic mass is 10.1. The number of carbonyl (C=O) groups is 2. The Labute approximate surface area is 153 Å². The maximum Gasteiger partial charge on any atom is 0.262 e. The maximum absolute atomic E-state index is 12.5. The lowest BCUT2D eigenvalue weighted by Crippen LogP contribution is -2.51. The van der Waals surface area contributed by atoms with Gasteiger partial charge in [-0.2, -0.15) is 0 Å². The predicted molar refractivity (Wildman–Crippen MR) is 100.0 cm³/mol. The van der Waals surface area contributed by atoms with E-state index in [1.54, 1.807) is 24.3 Å². The molecule has 2 amide bonds. The van der Waals surface area contributed by atoms with Crippen molar-refractivity contribution >= 4 is 11.8 Å². The minimum absolute atomic E-state index is 0.169. The molecule has 0 unspecified atom stereocenters. The molecule has 0 aliphatic carbocycles. The van der Waals surface area contributed by atoms with Crippen LogP contribution in [0.2, 0.25) is 0 Å². The molecule has 0 aromatic heterocycles. The summed E-state index contributed by atoms with van der Waals surface area (Å²) in [6, 6.07) is 17.6. The molecule has 0 atom stereocenters. The molecule has 1 saturated heterocycles. The van der Waals surface area contributed by atoms with E-state index in [1.165, 1.54) is 10.5 Å². The Morgan fingerprint density at radius 1 is 0.692 bits per heavy atom. The number of rotatable bonds is 5. The summed E-state index contributed by atoms with van der Waals surface area (Å²) in [5, 5.41) is 0. The van der Waals surface area contributed by atoms with E-state index in [0.29, 0.717) is 17.8 Å². The largest absolute Gasteiger partial charge is 0.300 e. The molecule has 0 radical (unpaired) electrons. The van der Waals surface area contributed by atoms with E-state index in [-0.39, 0.29) is 11.8 Å². The topological polar surface area (TPSA) is 43.9 Å². The van der Waals surface area contributed by atoms with Crippen molar-refractivity contribution in [3.63, 3.8) is 0 Å². The van der Waals surface area contributed by atoms with Crippen LogP contribution in [0.1, 0.15) is 26.3 Å². The number of hydrogen-bond acceptors (Lipinski definition) is 4. The Balaban J connectivity index is 1.28. The predicted octanol–water partition coefficient (Wildman–Crippen LogP) is 2.10. The molecule has 0 bridgehead atoms. The Bertz CT molecular complexity index is 763. The van der Waals surface area contributed by atoms with Crippen LogP contribution in [0.4, 0.5) is 0 Å². The molecule has 26 heavy (non-hydrogen) atoms. The van der Waals surface area contributed by atoms with Crippen LogP contribution in [0.5, 0.6) is 0 Å². The highest BCUT2D eigenvalue weighted by Gasteiger charge is 2.36. The van der Waals surface area contributed by atoms with Crippen LogP contribution in [-0.2, 0) is 6.42 Å². The second kappa shape index (κ2) is 7.40. The van der Waals surface area contributed by atoms with Gasteiger partial charge in [0.2, 0.25) is 0 Å². The smallest absolute Gasteiger partial charge is 0.262 e. The number of benzene rings is 2. The van der Waals surface area contributed by atoms with E-state index in [4.69, 9.17) is 0 Å². The van der Waals surface area contributed by atoms with Crippen molar-refractivity contribution in [2.45, 2.75) is 6.42 Å². The van der Waals surface area contributed by atoms with Gasteiger partial charge in [-0.15, -0.1) is 0 Å². The Hall–Kier alpha value is -2.50. The van der Waals surface area contributed by atoms with Crippen LogP contribution in [-0.4, -0.2) is 65.9 Å². The second-order valence-electron chi connectivity index (χ2n) is 6.92. The fourth-order valence-corrected chi connectivity index (χ4v) is 3.65. The first-order chi connectivity index (χ1) is 12.7. The zero-order chi connectivity index (χ0) is 17.9. The Morgan fingerprint density at radius 3 is 1.85 bits per heavy atom. The second-order valence-corrected chi connectivity index (χ2v) is 6.92. The summed E-state index contributed by atoms with van der Waals surface area (Å²) in [4.78, 5) is 31.0. The SMILES string of the molecule is O=C1c2ccccc2C(=O)N1CN1CCN(CCc2ccccc2)CC1. The summed E-state index contributed by atoms with van der Waals surface area (Å²) in [6.07, 6.45) is 1.05. The van der Waals surface area contributed by atoms with Gasteiger partial charge < -0.3 is 4.90 Å². The van der Waals surface area contributed by atoms with E-state index >= 15 is 0 Å². The standard InChI is InChI=1S/C21H23N3O2/c25-20-18-8-4-5-9-19(18)21(26)24(20)16-23-14-12-22(13-15-23)11-10-17-6-2-1-3-7-17/h1-9H,10-16H2. The molecule has 5 nitrogen and oxygen atoms in total. The summed E-state index contributed by atoms with van der Waals surface area (Å²) in [6.45, 7) is 5.13. The first kappa shape index (κ1) is 16.9. The van der Waals surface area contributed by atoms with E-state index in [0.717, 1.165) is 39.1 Å². The zero-order valence-corrected chi connectivity index (χ0v) is 14.8. The highest BCUT2D eigenvalue weighted by Crippen LogP contribution is 2.22. The van der Waals surface area contributed by atoms with Crippen molar-refractivity contribution in [3.8, 4) is 0 Å². The van der Waals surface area contributed by atoms with E-state index < -0.39 is 0 Å². The number of imide groups is 1. The first-order valence-electron chi connectivity index (χ1n) is 9.16. The third-order valence-corrected chi connectivity index (χ3v) is 5.24. The molecule has 0 N–H and O–H groups in total. The van der Waals surface area contributed by atoms with Gasteiger partial charge in [-0.05, 0) is 24.1 Å². The monoisotopic (exact) mass is 349 g/mol. The first-order valence-corrected chi connectivity index (χ1v) is 9.16. The summed E-state index contributed by atoms with van der Waals surface area (Å²) in [7, 11) is 0. The molecule has 0 spiro atoms. The van der Waals surface area contributed by atoms with E-state index in [9.17, 15) is 9.59 Å². The van der Waals surface area contributed by atoms with Crippen LogP contribution >= 0.6 is 0 Å². The van der Waals surface area contributed by atoms with Crippen molar-refractivity contribution in [2.75, 3.05) is 39.4 Å². The van der Waals surface area contributed by atoms with Gasteiger partial charge in [0.05, 0.1) is 17.8 Å². The number of carbonyl (C=O) groups excluding carboxylic acids is 2. The lowest BCUT2D eigenvalue weighted by molar-refractivity contribution is 0.0456. The molecule has 2 aliphatic rings. The minimum atomic E-state index is -0.169. The Morgan fingerprint density at radius 2 is 1.23 bits per heavy atom. The normalized spacial score (nSPS) is 18.4. The minimum Gasteiger partial charge on any atom is -0.300 e. The zero-order valence-electron chi connectivity index (χ0n) is 14.8. The van der Waals surface area contributed by atoms with Gasteiger partial charge in [-0.3, -0.25) is 19.4 Å². The molecule has 2 aliphatic heterocycles. The van der Waals surface area contributed by atoms with Crippen LogP contribution in [0.3, 0.4) is 0 Å². The number of piperazine rings is 1. The van der Waals surface area contributed by atoms with E-state index in [2.05, 4.69) is 34.1 Å². The lowest BCUT2D eigenvalue weighted by Gasteiger charge is -2.36. The summed E-state index contributed by atoms with van der Waals surface area (Å²) in [5.41, 5.74) is 2.42. The molecule has 5 heteroatoms. The number of fused-ring (bicyclic) bond motifs is 1. The number of nitrogens with zero attached hydrogens (tertiary/aromatic N) is 3. The van der Waals surface area contributed by atoms with Crippen LogP contribution in [0.15, 0.2) is 54.6 Å². The molecule has 2 aromatic rings. The van der Waals surface area contributed by atoms with Crippen LogP contribution < -0.4 is 0 Å². The van der Waals surface area contributed by atoms with Crippen molar-refractivity contribution in [1.29, 1.82) is 0 Å². The average molecular weight is 349 g/mol. The number of hydrogen-bond donors (Lipinski definition) is 0. The van der Waals surface area contributed by atoms with Crippen LogP contribution in [0, 0.1) is 0 Å². The number of amides is 2. The summed E-state index contributed by atoms with van der Waals surface area (Å²) < 4.78 is 0. The van der Waals surface area contributed by atoms with Crippen LogP contribution in [0.25, 0.3) is 0 Å². The molecular weight excluding hydrogens is 326 g/mol. The fraction of sp³-hybridized carbons (Fsp3) is 0.333. The van der Waals surface area contributed by atoms with Crippen molar-refractivity contribution in [3.05, 3.63) is 71.3 Å². The van der Waals surface area contributed by atoms with E-state index in [1.807, 2.05) is 6.07 Å². The fourth-order valence-electron chi connectivity index (χ4n) is 3.65. The molecule has 1 fully saturated rings. The third-order valence-electron chi connectivity index (χ3n) is 5.24. The molecule has 134 valence electrons. The van der Waals surface area contributed by atoms with Gasteiger partial charge in [-0.1, -0.05) is 42.5 Å². The summed E-state index contributed by atoms with van der Waals surface area (Å²) >= 11 is 0. The summed E-state index contributed by atoms with van der Waals surface area (Å²) in [5.74, 6) is -0.339. The van der Waals surface area contributed by atoms with Gasteiger partial charge in [0.15, 0.2) is 0 Å². The maximum atomic E-state index is 12.5. The average Bonchev–Trinajstić information content (AvgIpc) is 2.93. The van der Waals surface area contributed by atoms with Crippen molar-refractivity contribution < 1.29 is 9.59 Å². The Kier molecular flexibility index (Phi) is 4.82. The van der Waals surface area contributed by atoms with Gasteiger partial charge in [-0.25, -0.2) is 0 Å². The van der Waals surface area contributed by atoms with Crippen molar-refractivity contribution in [2.24, 2.45) is 0 Å². The molecule has 0 saturated carbocycles. The molecule has 4 rings (SSSR count). The highest BCUT2D eigenvalue weighted by atomic mass is 16.2. The highest BCUT2D eigenvalue weighted by molar-refractivity contribution is 6.21. The molecule has 2 heterocycles. The molecule has 2 aromatic carbocycles. The quantitative estimate of drug-likeness (QED) is 0.776. The van der Waals surface area contributed by atoms with Gasteiger partial charge in [0, 0.05) is 32.7 Å². The van der Waals surface area contributed by atoms with Gasteiger partial charge in [0.25, 0.3) is 11.8 Å². The van der Waals surface area contributed by atoms with Crippen molar-refractivity contribution in [1.82, 2.24) is 14.7 Å². The molecular formula is C21H23N3O2. The van der Waals surface area contributed by atoms with Gasteiger partial charge >= 0.3 is 0 Å². The van der Waals surface area contributed by atoms with Gasteiger partial charge in [0.1, 0.15) is 0 Å². The third kappa shape index (κ3) is 3.41.